The smallest absolute Gasteiger partial charge is 0.269 e. The number of aryl methyl sites for hydroxylation is 1. The molecule has 1 rings (SSSR count). The van der Waals surface area contributed by atoms with Crippen LogP contribution >= 0.6 is 11.6 Å². The number of carbonyl (C=O) groups excluding carboxylic acids is 1. The van der Waals surface area contributed by atoms with Gasteiger partial charge in [0.25, 0.3) is 11.6 Å². The number of hydrogen-bond donors (Lipinski definition) is 1. The number of non-ortho nitro benzene ring substituents is 1. The van der Waals surface area contributed by atoms with Crippen molar-refractivity contribution in [1.29, 1.82) is 0 Å². The molecule has 0 bridgehead atoms. The lowest BCUT2D eigenvalue weighted by Gasteiger charge is -2.21. The fourth-order valence-electron chi connectivity index (χ4n) is 1.48. The van der Waals surface area contributed by atoms with Crippen LogP contribution in [-0.2, 0) is 0 Å². The van der Waals surface area contributed by atoms with Crippen LogP contribution in [0.4, 0.5) is 5.69 Å². The average Bonchev–Trinajstić information content (AvgIpc) is 2.36. The Bertz CT molecular complexity index is 501. The first kappa shape index (κ1) is 15.4. The zero-order valence-corrected chi connectivity index (χ0v) is 12.0. The third kappa shape index (κ3) is 4.21. The molecule has 0 aliphatic carbocycles. The van der Waals surface area contributed by atoms with Crippen LogP contribution in [-0.4, -0.2) is 23.3 Å². The van der Waals surface area contributed by atoms with Crippen molar-refractivity contribution >= 4 is 23.2 Å². The normalized spacial score (nSPS) is 11.2. The maximum atomic E-state index is 12.0. The molecule has 19 heavy (non-hydrogen) atoms. The molecule has 0 spiro atoms. The van der Waals surface area contributed by atoms with E-state index in [0.717, 1.165) is 0 Å². The number of nitro groups is 1. The van der Waals surface area contributed by atoms with Gasteiger partial charge in [0.05, 0.1) is 4.92 Å². The van der Waals surface area contributed by atoms with Gasteiger partial charge in [-0.3, -0.25) is 14.9 Å². The summed E-state index contributed by atoms with van der Waals surface area (Å²) in [6.45, 7) is 6.02. The molecule has 0 aliphatic heterocycles. The summed E-state index contributed by atoms with van der Waals surface area (Å²) >= 11 is 5.78. The lowest BCUT2D eigenvalue weighted by molar-refractivity contribution is -0.384. The second-order valence-corrected chi connectivity index (χ2v) is 5.50. The van der Waals surface area contributed by atoms with Gasteiger partial charge in [0.15, 0.2) is 0 Å². The Morgan fingerprint density at radius 3 is 2.58 bits per heavy atom. The van der Waals surface area contributed by atoms with Crippen molar-refractivity contribution < 1.29 is 9.72 Å². The minimum Gasteiger partial charge on any atom is -0.351 e. The minimum absolute atomic E-state index is 0.0184. The molecule has 0 unspecified atom stereocenters. The van der Waals surface area contributed by atoms with Gasteiger partial charge in [-0.2, -0.15) is 0 Å². The van der Waals surface area contributed by atoms with Crippen LogP contribution < -0.4 is 5.32 Å². The van der Waals surface area contributed by atoms with Crippen molar-refractivity contribution in [3.8, 4) is 0 Å². The van der Waals surface area contributed by atoms with Crippen molar-refractivity contribution in [3.63, 3.8) is 0 Å². The maximum absolute atomic E-state index is 12.0. The second-order valence-electron chi connectivity index (χ2n) is 5.24. The van der Waals surface area contributed by atoms with Crippen LogP contribution in [0.15, 0.2) is 18.2 Å². The fourth-order valence-corrected chi connectivity index (χ4v) is 1.57. The largest absolute Gasteiger partial charge is 0.351 e. The van der Waals surface area contributed by atoms with E-state index in [9.17, 15) is 14.9 Å². The molecule has 1 aromatic rings. The number of hydrogen-bond acceptors (Lipinski definition) is 3. The maximum Gasteiger partial charge on any atom is 0.269 e. The predicted octanol–water partition coefficient (Wildman–Crippen LogP) is 2.90. The zero-order chi connectivity index (χ0) is 14.6. The van der Waals surface area contributed by atoms with Crippen molar-refractivity contribution in [2.75, 3.05) is 12.4 Å². The van der Waals surface area contributed by atoms with Gasteiger partial charge in [-0.15, -0.1) is 11.6 Å². The molecule has 0 saturated carbocycles. The van der Waals surface area contributed by atoms with E-state index in [2.05, 4.69) is 5.32 Å². The van der Waals surface area contributed by atoms with E-state index in [1.165, 1.54) is 18.2 Å². The van der Waals surface area contributed by atoms with Gasteiger partial charge in [-0.05, 0) is 24.0 Å². The van der Waals surface area contributed by atoms with Gasteiger partial charge >= 0.3 is 0 Å². The average molecular weight is 285 g/mol. The first-order chi connectivity index (χ1) is 8.76. The standard InChI is InChI=1S/C13H17ClN2O3/c1-9-6-10(16(18)19)4-5-11(9)12(17)15-8-13(2,3)7-14/h4-6H,7-8H2,1-3H3,(H,15,17). The van der Waals surface area contributed by atoms with Crippen LogP contribution in [0.1, 0.15) is 29.8 Å². The Kier molecular flexibility index (Phi) is 4.89. The van der Waals surface area contributed by atoms with E-state index < -0.39 is 4.92 Å². The minimum atomic E-state index is -0.481. The van der Waals surface area contributed by atoms with E-state index in [4.69, 9.17) is 11.6 Å². The summed E-state index contributed by atoms with van der Waals surface area (Å²) in [4.78, 5) is 22.1. The highest BCUT2D eigenvalue weighted by Gasteiger charge is 2.19. The molecule has 1 amide bonds. The molecular formula is C13H17ClN2O3. The Balaban J connectivity index is 2.81. The molecule has 1 N–H and O–H groups in total. The third-order valence-electron chi connectivity index (χ3n) is 2.75. The molecule has 6 heteroatoms. The van der Waals surface area contributed by atoms with Gasteiger partial charge in [-0.1, -0.05) is 13.8 Å². The van der Waals surface area contributed by atoms with E-state index in [1.54, 1.807) is 6.92 Å². The summed E-state index contributed by atoms with van der Waals surface area (Å²) in [5, 5.41) is 13.4. The van der Waals surface area contributed by atoms with E-state index in [-0.39, 0.29) is 17.0 Å². The van der Waals surface area contributed by atoms with Gasteiger partial charge in [-0.25, -0.2) is 0 Å². The summed E-state index contributed by atoms with van der Waals surface area (Å²) in [7, 11) is 0. The number of benzene rings is 1. The Morgan fingerprint density at radius 2 is 2.11 bits per heavy atom. The Morgan fingerprint density at radius 1 is 1.47 bits per heavy atom. The van der Waals surface area contributed by atoms with Crippen molar-refractivity contribution in [2.24, 2.45) is 5.41 Å². The van der Waals surface area contributed by atoms with Crippen molar-refractivity contribution in [1.82, 2.24) is 5.32 Å². The van der Waals surface area contributed by atoms with Crippen LogP contribution in [0.2, 0.25) is 0 Å². The zero-order valence-electron chi connectivity index (χ0n) is 11.2. The van der Waals surface area contributed by atoms with E-state index in [0.29, 0.717) is 23.6 Å². The van der Waals surface area contributed by atoms with E-state index >= 15 is 0 Å². The number of amides is 1. The molecule has 0 atom stereocenters. The fraction of sp³-hybridized carbons (Fsp3) is 0.462. The Hall–Kier alpha value is -1.62. The molecule has 0 aliphatic rings. The highest BCUT2D eigenvalue weighted by molar-refractivity contribution is 6.18. The monoisotopic (exact) mass is 284 g/mol. The number of halogens is 1. The molecule has 1 aromatic carbocycles. The van der Waals surface area contributed by atoms with Crippen LogP contribution in [0, 0.1) is 22.5 Å². The number of carbonyl (C=O) groups is 1. The van der Waals surface area contributed by atoms with Crippen molar-refractivity contribution in [3.05, 3.63) is 39.4 Å². The number of rotatable bonds is 5. The molecule has 0 heterocycles. The summed E-state index contributed by atoms with van der Waals surface area (Å²) in [5.41, 5.74) is 0.813. The highest BCUT2D eigenvalue weighted by atomic mass is 35.5. The number of alkyl halides is 1. The second kappa shape index (κ2) is 6.02. The first-order valence-electron chi connectivity index (χ1n) is 5.86. The summed E-state index contributed by atoms with van der Waals surface area (Å²) < 4.78 is 0. The van der Waals surface area contributed by atoms with Crippen LogP contribution in [0.3, 0.4) is 0 Å². The van der Waals surface area contributed by atoms with Gasteiger partial charge in [0.2, 0.25) is 0 Å². The lowest BCUT2D eigenvalue weighted by atomic mass is 9.96. The molecule has 0 radical (unpaired) electrons. The van der Waals surface area contributed by atoms with Gasteiger partial charge in [0.1, 0.15) is 0 Å². The van der Waals surface area contributed by atoms with E-state index in [1.807, 2.05) is 13.8 Å². The topological polar surface area (TPSA) is 72.2 Å². The lowest BCUT2D eigenvalue weighted by Crippen LogP contribution is -2.35. The summed E-state index contributed by atoms with van der Waals surface area (Å²) in [6, 6.07) is 4.19. The number of nitro benzene ring substituents is 1. The Labute approximate surface area is 117 Å². The van der Waals surface area contributed by atoms with Gasteiger partial charge < -0.3 is 5.32 Å². The summed E-state index contributed by atoms with van der Waals surface area (Å²) in [6.07, 6.45) is 0. The number of nitrogens with one attached hydrogen (secondary N) is 1. The van der Waals surface area contributed by atoms with Crippen molar-refractivity contribution in [2.45, 2.75) is 20.8 Å². The molecule has 104 valence electrons. The predicted molar refractivity (Wildman–Crippen MR) is 74.7 cm³/mol. The van der Waals surface area contributed by atoms with Crippen LogP contribution in [0.5, 0.6) is 0 Å². The molecule has 0 aromatic heterocycles. The molecular weight excluding hydrogens is 268 g/mol. The number of nitrogens with zero attached hydrogens (tertiary/aromatic N) is 1. The SMILES string of the molecule is Cc1cc([N+](=O)[O-])ccc1C(=O)NCC(C)(C)CCl. The molecule has 5 nitrogen and oxygen atoms in total. The third-order valence-corrected chi connectivity index (χ3v) is 3.48. The first-order valence-corrected chi connectivity index (χ1v) is 6.39. The quantitative estimate of drug-likeness (QED) is 0.513. The summed E-state index contributed by atoms with van der Waals surface area (Å²) in [5.74, 6) is 0.192. The highest BCUT2D eigenvalue weighted by Crippen LogP contribution is 2.18. The van der Waals surface area contributed by atoms with Crippen LogP contribution in [0.25, 0.3) is 0 Å². The molecule has 0 fully saturated rings. The molecule has 0 saturated heterocycles. The van der Waals surface area contributed by atoms with Gasteiger partial charge in [0, 0.05) is 30.1 Å².